The van der Waals surface area contributed by atoms with E-state index in [1.807, 2.05) is 47.9 Å². The van der Waals surface area contributed by atoms with E-state index >= 15 is 0 Å². The monoisotopic (exact) mass is 308 g/mol. The smallest absolute Gasteiger partial charge is 0.182 e. The van der Waals surface area contributed by atoms with Crippen molar-refractivity contribution in [2.24, 2.45) is 0 Å². The number of nitrogens with one attached hydrogen (secondary N) is 1. The highest BCUT2D eigenvalue weighted by Gasteiger charge is 2.10. The van der Waals surface area contributed by atoms with Gasteiger partial charge < -0.3 is 4.98 Å². The molecule has 1 heterocycles. The first-order valence-corrected chi connectivity index (χ1v) is 6.89. The van der Waals surface area contributed by atoms with Crippen molar-refractivity contribution in [3.05, 3.63) is 56.8 Å². The largest absolute Gasteiger partial charge is 0.330 e. The van der Waals surface area contributed by atoms with Crippen LogP contribution in [0.25, 0.3) is 16.7 Å². The number of nitrogens with zero attached hydrogens (tertiary/aromatic N) is 1. The van der Waals surface area contributed by atoms with Gasteiger partial charge in [0.15, 0.2) is 4.77 Å². The maximum absolute atomic E-state index is 6.32. The fourth-order valence-electron chi connectivity index (χ4n) is 2.12. The molecule has 0 unspecified atom stereocenters. The van der Waals surface area contributed by atoms with Crippen LogP contribution in [-0.4, -0.2) is 9.55 Å². The Hall–Kier alpha value is -1.29. The van der Waals surface area contributed by atoms with Gasteiger partial charge in [-0.2, -0.15) is 0 Å². The number of hydrogen-bond donors (Lipinski definition) is 1. The summed E-state index contributed by atoms with van der Waals surface area (Å²) in [5, 5.41) is 1.35. The molecule has 0 bridgehead atoms. The zero-order valence-electron chi connectivity index (χ0n) is 10.1. The summed E-state index contributed by atoms with van der Waals surface area (Å²) in [7, 11) is 0. The fraction of sp³-hybridized carbons (Fsp3) is 0.0714. The second-order valence-corrected chi connectivity index (χ2v) is 5.61. The molecule has 0 aliphatic heterocycles. The van der Waals surface area contributed by atoms with Crippen LogP contribution < -0.4 is 0 Å². The number of hydrogen-bond acceptors (Lipinski definition) is 1. The number of aryl methyl sites for hydroxylation is 1. The lowest BCUT2D eigenvalue weighted by atomic mass is 10.2. The first kappa shape index (κ1) is 12.7. The molecule has 0 aliphatic rings. The average Bonchev–Trinajstić information content (AvgIpc) is 2.65. The molecule has 0 radical (unpaired) electrons. The van der Waals surface area contributed by atoms with Crippen LogP contribution in [0, 0.1) is 11.7 Å². The summed E-state index contributed by atoms with van der Waals surface area (Å²) in [5.74, 6) is 0. The van der Waals surface area contributed by atoms with Crippen molar-refractivity contribution in [1.29, 1.82) is 0 Å². The Morgan fingerprint density at radius 1 is 1.11 bits per heavy atom. The predicted molar refractivity (Wildman–Crippen MR) is 83.2 cm³/mol. The summed E-state index contributed by atoms with van der Waals surface area (Å²) >= 11 is 17.7. The van der Waals surface area contributed by atoms with Gasteiger partial charge in [-0.25, -0.2) is 0 Å². The molecule has 3 rings (SSSR count). The summed E-state index contributed by atoms with van der Waals surface area (Å²) in [6.45, 7) is 2.00. The van der Waals surface area contributed by atoms with Crippen LogP contribution in [0.4, 0.5) is 0 Å². The SMILES string of the molecule is Cc1ccc(-n2c(=S)[nH]c3cc(Cl)ccc32)c(Cl)c1. The number of benzene rings is 2. The van der Waals surface area contributed by atoms with Gasteiger partial charge in [0, 0.05) is 5.02 Å². The number of rotatable bonds is 1. The number of H-pyrrole nitrogens is 1. The summed E-state index contributed by atoms with van der Waals surface area (Å²) in [6, 6.07) is 11.5. The van der Waals surface area contributed by atoms with E-state index in [4.69, 9.17) is 35.4 Å². The molecule has 0 fully saturated rings. The van der Waals surface area contributed by atoms with E-state index in [2.05, 4.69) is 4.98 Å². The van der Waals surface area contributed by atoms with Gasteiger partial charge in [0.05, 0.1) is 21.7 Å². The third-order valence-electron chi connectivity index (χ3n) is 2.99. The number of aromatic nitrogens is 2. The Morgan fingerprint density at radius 3 is 2.63 bits per heavy atom. The molecule has 0 saturated carbocycles. The topological polar surface area (TPSA) is 20.7 Å². The molecule has 5 heteroatoms. The van der Waals surface area contributed by atoms with Crippen molar-refractivity contribution in [2.45, 2.75) is 6.92 Å². The molecule has 0 spiro atoms. The average molecular weight is 309 g/mol. The standard InChI is InChI=1S/C14H10Cl2N2S/c1-8-2-4-12(10(16)6-8)18-13-5-3-9(15)7-11(13)17-14(18)19/h2-7H,1H3,(H,17,19). The lowest BCUT2D eigenvalue weighted by molar-refractivity contribution is 1.06. The highest BCUT2D eigenvalue weighted by Crippen LogP contribution is 2.27. The molecular weight excluding hydrogens is 299 g/mol. The molecule has 19 heavy (non-hydrogen) atoms. The third kappa shape index (κ3) is 2.18. The van der Waals surface area contributed by atoms with E-state index in [1.165, 1.54) is 0 Å². The first-order chi connectivity index (χ1) is 9.06. The van der Waals surface area contributed by atoms with E-state index in [-0.39, 0.29) is 0 Å². The van der Waals surface area contributed by atoms with E-state index in [9.17, 15) is 0 Å². The van der Waals surface area contributed by atoms with Gasteiger partial charge in [-0.3, -0.25) is 4.57 Å². The van der Waals surface area contributed by atoms with Crippen LogP contribution in [0.1, 0.15) is 5.56 Å². The van der Waals surface area contributed by atoms with Crippen molar-refractivity contribution in [3.63, 3.8) is 0 Å². The molecule has 0 aliphatic carbocycles. The third-order valence-corrected chi connectivity index (χ3v) is 3.81. The molecule has 96 valence electrons. The van der Waals surface area contributed by atoms with Crippen LogP contribution in [0.3, 0.4) is 0 Å². The quantitative estimate of drug-likeness (QED) is 0.605. The van der Waals surface area contributed by atoms with Crippen molar-refractivity contribution >= 4 is 46.5 Å². The zero-order valence-corrected chi connectivity index (χ0v) is 12.4. The van der Waals surface area contributed by atoms with Gasteiger partial charge in [-0.1, -0.05) is 29.3 Å². The van der Waals surface area contributed by atoms with Gasteiger partial charge in [0.2, 0.25) is 0 Å². The molecule has 2 nitrogen and oxygen atoms in total. The van der Waals surface area contributed by atoms with E-state index < -0.39 is 0 Å². The maximum atomic E-state index is 6.32. The van der Waals surface area contributed by atoms with Crippen molar-refractivity contribution in [3.8, 4) is 5.69 Å². The predicted octanol–water partition coefficient (Wildman–Crippen LogP) is 5.30. The van der Waals surface area contributed by atoms with Gasteiger partial charge in [0.1, 0.15) is 0 Å². The molecule has 0 amide bonds. The summed E-state index contributed by atoms with van der Waals surface area (Å²) in [4.78, 5) is 3.14. The van der Waals surface area contributed by atoms with E-state index in [1.54, 1.807) is 0 Å². The van der Waals surface area contributed by atoms with Gasteiger partial charge >= 0.3 is 0 Å². The molecule has 2 aromatic carbocycles. The van der Waals surface area contributed by atoms with E-state index in [0.29, 0.717) is 14.8 Å². The Balaban J connectivity index is 2.36. The van der Waals surface area contributed by atoms with Gasteiger partial charge in [-0.05, 0) is 55.0 Å². The minimum absolute atomic E-state index is 0.600. The summed E-state index contributed by atoms with van der Waals surface area (Å²) in [6.07, 6.45) is 0. The molecule has 0 atom stereocenters. The molecule has 0 saturated heterocycles. The van der Waals surface area contributed by atoms with Crippen molar-refractivity contribution in [1.82, 2.24) is 9.55 Å². The normalized spacial score (nSPS) is 11.1. The molecule has 1 aromatic heterocycles. The highest BCUT2D eigenvalue weighted by molar-refractivity contribution is 7.71. The number of fused-ring (bicyclic) bond motifs is 1. The second-order valence-electron chi connectivity index (χ2n) is 4.38. The minimum atomic E-state index is 0.600. The molecular formula is C14H10Cl2N2S. The Kier molecular flexibility index (Phi) is 3.13. The summed E-state index contributed by atoms with van der Waals surface area (Å²) < 4.78 is 2.52. The Morgan fingerprint density at radius 2 is 1.89 bits per heavy atom. The van der Waals surface area contributed by atoms with Crippen LogP contribution in [0.5, 0.6) is 0 Å². The maximum Gasteiger partial charge on any atom is 0.182 e. The van der Waals surface area contributed by atoms with Crippen molar-refractivity contribution in [2.75, 3.05) is 0 Å². The van der Waals surface area contributed by atoms with Crippen molar-refractivity contribution < 1.29 is 0 Å². The van der Waals surface area contributed by atoms with Crippen LogP contribution in [0.2, 0.25) is 10.0 Å². The van der Waals surface area contributed by atoms with Crippen LogP contribution >= 0.6 is 35.4 Å². The van der Waals surface area contributed by atoms with Gasteiger partial charge in [0.25, 0.3) is 0 Å². The fourth-order valence-corrected chi connectivity index (χ4v) is 2.91. The van der Waals surface area contributed by atoms with Crippen LogP contribution in [0.15, 0.2) is 36.4 Å². The van der Waals surface area contributed by atoms with Gasteiger partial charge in [-0.15, -0.1) is 0 Å². The highest BCUT2D eigenvalue weighted by atomic mass is 35.5. The second kappa shape index (κ2) is 4.67. The Labute approximate surface area is 125 Å². The first-order valence-electron chi connectivity index (χ1n) is 5.73. The zero-order chi connectivity index (χ0) is 13.6. The Bertz CT molecular complexity index is 833. The number of aromatic amines is 1. The summed E-state index contributed by atoms with van der Waals surface area (Å²) in [5.41, 5.74) is 3.84. The molecule has 1 N–H and O–H groups in total. The molecule has 3 aromatic rings. The minimum Gasteiger partial charge on any atom is -0.330 e. The number of halogens is 2. The lowest BCUT2D eigenvalue weighted by Gasteiger charge is -2.07. The van der Waals surface area contributed by atoms with E-state index in [0.717, 1.165) is 22.3 Å². The number of imidazole rings is 1. The van der Waals surface area contributed by atoms with Crippen LogP contribution in [-0.2, 0) is 0 Å². The lowest BCUT2D eigenvalue weighted by Crippen LogP contribution is -1.95.